The average molecular weight is 437 g/mol. The predicted molar refractivity (Wildman–Crippen MR) is 112 cm³/mol. The molecule has 1 aliphatic rings. The van der Waals surface area contributed by atoms with Gasteiger partial charge in [0.1, 0.15) is 0 Å². The standard InChI is InChI=1S/C22H26F2N2O3S/c1-15(2)21(27)26-12-11-19(25-30(28,29)22(23)24)20(26)14-16-7-6-10-18(13-16)17-8-4-3-5-9-17/h3-10,13,15,19-20,22,25H,11-12,14H2,1-2H3. The fourth-order valence-electron chi connectivity index (χ4n) is 3.86. The monoisotopic (exact) mass is 436 g/mol. The second-order valence-electron chi connectivity index (χ2n) is 7.84. The summed E-state index contributed by atoms with van der Waals surface area (Å²) in [7, 11) is -4.75. The second kappa shape index (κ2) is 9.22. The summed E-state index contributed by atoms with van der Waals surface area (Å²) in [5.74, 6) is -3.89. The van der Waals surface area contributed by atoms with Crippen molar-refractivity contribution in [3.05, 3.63) is 60.2 Å². The Morgan fingerprint density at radius 1 is 1.10 bits per heavy atom. The maximum Gasteiger partial charge on any atom is 0.350 e. The lowest BCUT2D eigenvalue weighted by Gasteiger charge is -2.30. The molecule has 0 radical (unpaired) electrons. The van der Waals surface area contributed by atoms with Crippen molar-refractivity contribution in [2.45, 2.75) is 44.5 Å². The minimum Gasteiger partial charge on any atom is -0.337 e. The van der Waals surface area contributed by atoms with Gasteiger partial charge in [0.25, 0.3) is 10.0 Å². The summed E-state index contributed by atoms with van der Waals surface area (Å²) in [4.78, 5) is 14.3. The van der Waals surface area contributed by atoms with Crippen molar-refractivity contribution >= 4 is 15.9 Å². The SMILES string of the molecule is CC(C)C(=O)N1CCC(NS(=O)(=O)C(F)F)C1Cc1cccc(-c2ccccc2)c1. The number of nitrogens with zero attached hydrogens (tertiary/aromatic N) is 1. The zero-order chi connectivity index (χ0) is 21.9. The maximum atomic E-state index is 12.9. The number of carbonyl (C=O) groups is 1. The van der Waals surface area contributed by atoms with Gasteiger partial charge in [-0.2, -0.15) is 8.78 Å². The molecule has 1 aliphatic heterocycles. The van der Waals surface area contributed by atoms with Gasteiger partial charge in [-0.1, -0.05) is 68.4 Å². The highest BCUT2D eigenvalue weighted by molar-refractivity contribution is 7.89. The Labute approximate surface area is 176 Å². The molecule has 0 spiro atoms. The first-order valence-corrected chi connectivity index (χ1v) is 11.5. The third-order valence-corrected chi connectivity index (χ3v) is 6.45. The molecule has 30 heavy (non-hydrogen) atoms. The third-order valence-electron chi connectivity index (χ3n) is 5.35. The lowest BCUT2D eigenvalue weighted by molar-refractivity contribution is -0.135. The van der Waals surface area contributed by atoms with Gasteiger partial charge >= 0.3 is 5.76 Å². The van der Waals surface area contributed by atoms with Crippen LogP contribution in [0.5, 0.6) is 0 Å². The number of sulfonamides is 1. The highest BCUT2D eigenvalue weighted by atomic mass is 32.2. The quantitative estimate of drug-likeness (QED) is 0.720. The van der Waals surface area contributed by atoms with Crippen LogP contribution in [0.4, 0.5) is 8.78 Å². The van der Waals surface area contributed by atoms with Crippen LogP contribution in [0.2, 0.25) is 0 Å². The summed E-state index contributed by atoms with van der Waals surface area (Å²) in [5, 5.41) is 0. The number of carbonyl (C=O) groups excluding carboxylic acids is 1. The molecule has 0 saturated carbocycles. The zero-order valence-electron chi connectivity index (χ0n) is 17.0. The summed E-state index contributed by atoms with van der Waals surface area (Å²) in [6.45, 7) is 3.87. The smallest absolute Gasteiger partial charge is 0.337 e. The molecule has 0 bridgehead atoms. The minimum absolute atomic E-state index is 0.113. The second-order valence-corrected chi connectivity index (χ2v) is 9.52. The van der Waals surface area contributed by atoms with Crippen molar-refractivity contribution in [3.63, 3.8) is 0 Å². The molecule has 5 nitrogen and oxygen atoms in total. The summed E-state index contributed by atoms with van der Waals surface area (Å²) < 4.78 is 51.5. The molecule has 3 rings (SSSR count). The van der Waals surface area contributed by atoms with Gasteiger partial charge in [-0.25, -0.2) is 13.1 Å². The zero-order valence-corrected chi connectivity index (χ0v) is 17.8. The van der Waals surface area contributed by atoms with Gasteiger partial charge in [-0.3, -0.25) is 4.79 Å². The third kappa shape index (κ3) is 5.05. The number of likely N-dealkylation sites (tertiary alicyclic amines) is 1. The number of amides is 1. The van der Waals surface area contributed by atoms with E-state index in [1.54, 1.807) is 18.7 Å². The molecule has 1 saturated heterocycles. The van der Waals surface area contributed by atoms with Crippen molar-refractivity contribution in [2.24, 2.45) is 5.92 Å². The summed E-state index contributed by atoms with van der Waals surface area (Å²) in [6.07, 6.45) is 0.670. The molecular formula is C22H26F2N2O3S. The molecule has 0 aliphatic carbocycles. The average Bonchev–Trinajstić information content (AvgIpc) is 3.09. The van der Waals surface area contributed by atoms with Crippen molar-refractivity contribution in [2.75, 3.05) is 6.54 Å². The van der Waals surface area contributed by atoms with Crippen molar-refractivity contribution in [3.8, 4) is 11.1 Å². The summed E-state index contributed by atoms with van der Waals surface area (Å²) in [5.41, 5.74) is 2.94. The fraction of sp³-hybridized carbons (Fsp3) is 0.409. The molecule has 1 amide bonds. The maximum absolute atomic E-state index is 12.9. The van der Waals surface area contributed by atoms with Crippen LogP contribution in [0.1, 0.15) is 25.8 Å². The molecule has 162 valence electrons. The Kier molecular flexibility index (Phi) is 6.88. The lowest BCUT2D eigenvalue weighted by atomic mass is 9.96. The molecule has 8 heteroatoms. The van der Waals surface area contributed by atoms with Crippen LogP contribution in [-0.4, -0.2) is 43.6 Å². The topological polar surface area (TPSA) is 66.5 Å². The van der Waals surface area contributed by atoms with E-state index in [1.807, 2.05) is 54.6 Å². The van der Waals surface area contributed by atoms with Gasteiger partial charge in [-0.15, -0.1) is 0 Å². The van der Waals surface area contributed by atoms with Crippen molar-refractivity contribution < 1.29 is 22.0 Å². The molecule has 2 unspecified atom stereocenters. The number of hydrogen-bond donors (Lipinski definition) is 1. The Hall–Kier alpha value is -2.32. The number of halogens is 2. The largest absolute Gasteiger partial charge is 0.350 e. The minimum atomic E-state index is -4.75. The number of nitrogens with one attached hydrogen (secondary N) is 1. The Morgan fingerprint density at radius 3 is 2.40 bits per heavy atom. The van der Waals surface area contributed by atoms with Gasteiger partial charge in [0.05, 0.1) is 6.04 Å². The van der Waals surface area contributed by atoms with Crippen LogP contribution in [0.15, 0.2) is 54.6 Å². The van der Waals surface area contributed by atoms with Crippen LogP contribution in [0.25, 0.3) is 11.1 Å². The van der Waals surface area contributed by atoms with E-state index in [1.165, 1.54) is 0 Å². The van der Waals surface area contributed by atoms with Crippen molar-refractivity contribution in [1.29, 1.82) is 0 Å². The molecule has 2 atom stereocenters. The first-order chi connectivity index (χ1) is 14.2. The van der Waals surface area contributed by atoms with Crippen molar-refractivity contribution in [1.82, 2.24) is 9.62 Å². The van der Waals surface area contributed by atoms with E-state index in [0.717, 1.165) is 16.7 Å². The van der Waals surface area contributed by atoms with Gasteiger partial charge in [-0.05, 0) is 29.5 Å². The van der Waals surface area contributed by atoms with Gasteiger partial charge < -0.3 is 4.90 Å². The first-order valence-electron chi connectivity index (χ1n) is 9.93. The molecule has 2 aromatic rings. The van der Waals surface area contributed by atoms with Gasteiger partial charge in [0.2, 0.25) is 5.91 Å². The Morgan fingerprint density at radius 2 is 1.77 bits per heavy atom. The van der Waals surface area contributed by atoms with Crippen LogP contribution in [0.3, 0.4) is 0 Å². The highest BCUT2D eigenvalue weighted by Crippen LogP contribution is 2.27. The van der Waals surface area contributed by atoms with Gasteiger partial charge in [0.15, 0.2) is 0 Å². The first kappa shape index (κ1) is 22.4. The van der Waals surface area contributed by atoms with Crippen LogP contribution < -0.4 is 4.72 Å². The van der Waals surface area contributed by atoms with E-state index in [4.69, 9.17) is 0 Å². The number of alkyl halides is 2. The fourth-order valence-corrected chi connectivity index (χ4v) is 4.66. The predicted octanol–water partition coefficient (Wildman–Crippen LogP) is 3.66. The summed E-state index contributed by atoms with van der Waals surface area (Å²) in [6, 6.07) is 16.3. The van der Waals surface area contributed by atoms with E-state index in [2.05, 4.69) is 4.72 Å². The lowest BCUT2D eigenvalue weighted by Crippen LogP contribution is -2.49. The molecular weight excluding hydrogens is 410 g/mol. The van der Waals surface area contributed by atoms with Crippen LogP contribution >= 0.6 is 0 Å². The highest BCUT2D eigenvalue weighted by Gasteiger charge is 2.41. The van der Waals surface area contributed by atoms with E-state index in [-0.39, 0.29) is 11.8 Å². The number of hydrogen-bond acceptors (Lipinski definition) is 3. The van der Waals surface area contributed by atoms with E-state index in [9.17, 15) is 22.0 Å². The molecule has 1 heterocycles. The van der Waals surface area contributed by atoms with E-state index >= 15 is 0 Å². The normalized spacial score (nSPS) is 19.6. The number of rotatable bonds is 7. The van der Waals surface area contributed by atoms with Crippen LogP contribution in [0, 0.1) is 5.92 Å². The van der Waals surface area contributed by atoms with Gasteiger partial charge in [0, 0.05) is 18.5 Å². The van der Waals surface area contributed by atoms with Crippen LogP contribution in [-0.2, 0) is 21.2 Å². The van der Waals surface area contributed by atoms with E-state index in [0.29, 0.717) is 19.4 Å². The Bertz CT molecular complexity index is 981. The summed E-state index contributed by atoms with van der Waals surface area (Å²) >= 11 is 0. The number of benzene rings is 2. The molecule has 2 aromatic carbocycles. The molecule has 1 fully saturated rings. The molecule has 1 N–H and O–H groups in total. The molecule has 0 aromatic heterocycles. The van der Waals surface area contributed by atoms with E-state index < -0.39 is 27.9 Å². The Balaban J connectivity index is 1.89.